The van der Waals surface area contributed by atoms with Crippen molar-refractivity contribution in [2.45, 2.75) is 24.3 Å². The van der Waals surface area contributed by atoms with E-state index < -0.39 is 15.7 Å². The predicted octanol–water partition coefficient (Wildman–Crippen LogP) is 6.82. The lowest BCUT2D eigenvalue weighted by Gasteiger charge is -2.22. The maximum atomic E-state index is 13.0. The molecule has 198 valence electrons. The molecule has 0 bridgehead atoms. The van der Waals surface area contributed by atoms with E-state index in [1.165, 1.54) is 24.3 Å². The Bertz CT molecular complexity index is 1690. The van der Waals surface area contributed by atoms with E-state index in [-0.39, 0.29) is 10.6 Å². The van der Waals surface area contributed by atoms with Crippen LogP contribution >= 0.6 is 11.6 Å². The Kier molecular flexibility index (Phi) is 7.07. The fourth-order valence-corrected chi connectivity index (χ4v) is 5.60. The largest absolute Gasteiger partial charge is 0.497 e. The van der Waals surface area contributed by atoms with Crippen molar-refractivity contribution in [1.29, 1.82) is 0 Å². The van der Waals surface area contributed by atoms with E-state index >= 15 is 0 Å². The zero-order chi connectivity index (χ0) is 27.8. The average molecular weight is 560 g/mol. The summed E-state index contributed by atoms with van der Waals surface area (Å²) in [6.45, 7) is 3.42. The van der Waals surface area contributed by atoms with Crippen LogP contribution < -0.4 is 8.92 Å². The standard InChI is InChI=1S/C31H26ClNO5S/c1-31(2,34)29-28(20-7-5-4-6-8-20)27-19-24(38-39(35,36)25-16-9-21(32)10-17-25)15-18-26(27)30(29)33-22-11-13-23(37-3)14-12-22/h4-19,34H,1-3H3/b33-30-. The van der Waals surface area contributed by atoms with Crippen molar-refractivity contribution in [3.63, 3.8) is 0 Å². The topological polar surface area (TPSA) is 85.2 Å². The van der Waals surface area contributed by atoms with Crippen molar-refractivity contribution in [3.05, 3.63) is 124 Å². The molecular weight excluding hydrogens is 534 g/mol. The van der Waals surface area contributed by atoms with E-state index in [1.807, 2.05) is 54.6 Å². The molecule has 0 aromatic heterocycles. The van der Waals surface area contributed by atoms with Crippen LogP contribution in [0.3, 0.4) is 0 Å². The highest BCUT2D eigenvalue weighted by atomic mass is 35.5. The maximum Gasteiger partial charge on any atom is 0.339 e. The number of methoxy groups -OCH3 is 1. The summed E-state index contributed by atoms with van der Waals surface area (Å²) in [5.74, 6) is 0.843. The monoisotopic (exact) mass is 559 g/mol. The zero-order valence-electron chi connectivity index (χ0n) is 21.6. The molecule has 0 heterocycles. The van der Waals surface area contributed by atoms with Gasteiger partial charge in [0.15, 0.2) is 0 Å². The number of nitrogens with zero attached hydrogens (tertiary/aromatic N) is 1. The van der Waals surface area contributed by atoms with Crippen LogP contribution in [0.25, 0.3) is 5.57 Å². The lowest BCUT2D eigenvalue weighted by atomic mass is 9.89. The van der Waals surface area contributed by atoms with Crippen LogP contribution in [0.2, 0.25) is 5.02 Å². The summed E-state index contributed by atoms with van der Waals surface area (Å²) in [5, 5.41) is 11.8. The Morgan fingerprint density at radius 3 is 2.08 bits per heavy atom. The first kappa shape index (κ1) is 26.7. The van der Waals surface area contributed by atoms with Gasteiger partial charge in [0.25, 0.3) is 0 Å². The van der Waals surface area contributed by atoms with E-state index in [2.05, 4.69) is 0 Å². The molecule has 0 amide bonds. The number of rotatable bonds is 7. The van der Waals surface area contributed by atoms with Gasteiger partial charge >= 0.3 is 10.1 Å². The van der Waals surface area contributed by atoms with Gasteiger partial charge in [-0.3, -0.25) is 0 Å². The average Bonchev–Trinajstić information content (AvgIpc) is 3.23. The van der Waals surface area contributed by atoms with Crippen molar-refractivity contribution in [2.75, 3.05) is 7.11 Å². The molecule has 0 aliphatic heterocycles. The Labute approximate surface area is 233 Å². The molecule has 5 rings (SSSR count). The molecule has 4 aromatic carbocycles. The first-order valence-electron chi connectivity index (χ1n) is 12.2. The second kappa shape index (κ2) is 10.3. The molecule has 39 heavy (non-hydrogen) atoms. The van der Waals surface area contributed by atoms with Gasteiger partial charge in [-0.1, -0.05) is 41.9 Å². The van der Waals surface area contributed by atoms with Gasteiger partial charge in [0.1, 0.15) is 16.4 Å². The Balaban J connectivity index is 1.68. The number of aliphatic hydroxyl groups is 1. The number of hydrogen-bond acceptors (Lipinski definition) is 6. The molecule has 6 nitrogen and oxygen atoms in total. The van der Waals surface area contributed by atoms with E-state index in [1.54, 1.807) is 39.2 Å². The molecule has 0 saturated heterocycles. The van der Waals surface area contributed by atoms with Gasteiger partial charge in [-0.25, -0.2) is 4.99 Å². The molecular formula is C31H26ClNO5S. The molecule has 0 spiro atoms. The second-order valence-electron chi connectivity index (χ2n) is 9.53. The summed E-state index contributed by atoms with van der Waals surface area (Å²) >= 11 is 5.92. The van der Waals surface area contributed by atoms with Gasteiger partial charge in [-0.2, -0.15) is 8.42 Å². The molecule has 4 aromatic rings. The first-order valence-corrected chi connectivity index (χ1v) is 14.0. The molecule has 0 atom stereocenters. The van der Waals surface area contributed by atoms with Crippen LogP contribution in [0.1, 0.15) is 30.5 Å². The van der Waals surface area contributed by atoms with Crippen molar-refractivity contribution < 1.29 is 22.4 Å². The van der Waals surface area contributed by atoms with E-state index in [4.69, 9.17) is 25.5 Å². The lowest BCUT2D eigenvalue weighted by Crippen LogP contribution is -2.27. The summed E-state index contributed by atoms with van der Waals surface area (Å²) in [6.07, 6.45) is 0. The Morgan fingerprint density at radius 1 is 0.821 bits per heavy atom. The van der Waals surface area contributed by atoms with Crippen LogP contribution in [0.15, 0.2) is 113 Å². The maximum absolute atomic E-state index is 13.0. The van der Waals surface area contributed by atoms with Crippen LogP contribution in [0.5, 0.6) is 11.5 Å². The lowest BCUT2D eigenvalue weighted by molar-refractivity contribution is 0.127. The van der Waals surface area contributed by atoms with Crippen molar-refractivity contribution in [1.82, 2.24) is 0 Å². The summed E-state index contributed by atoms with van der Waals surface area (Å²) < 4.78 is 36.8. The molecule has 0 fully saturated rings. The van der Waals surface area contributed by atoms with Gasteiger partial charge in [0, 0.05) is 16.2 Å². The quantitative estimate of drug-likeness (QED) is 0.251. The second-order valence-corrected chi connectivity index (χ2v) is 11.5. The number of ether oxygens (including phenoxy) is 1. The third kappa shape index (κ3) is 5.47. The van der Waals surface area contributed by atoms with E-state index in [0.29, 0.717) is 33.3 Å². The van der Waals surface area contributed by atoms with Gasteiger partial charge < -0.3 is 14.0 Å². The molecule has 0 unspecified atom stereocenters. The predicted molar refractivity (Wildman–Crippen MR) is 154 cm³/mol. The highest BCUT2D eigenvalue weighted by Gasteiger charge is 2.37. The van der Waals surface area contributed by atoms with Crippen LogP contribution in [-0.2, 0) is 10.1 Å². The molecule has 8 heteroatoms. The smallest absolute Gasteiger partial charge is 0.339 e. The minimum atomic E-state index is -4.11. The highest BCUT2D eigenvalue weighted by Crippen LogP contribution is 2.44. The molecule has 1 aliphatic rings. The number of hydrogen-bond donors (Lipinski definition) is 1. The SMILES string of the molecule is COc1ccc(/N=C2\C(C(C)(C)O)=C(c3ccccc3)c3cc(OS(=O)(=O)c4ccc(Cl)cc4)ccc32)cc1. The molecule has 0 radical (unpaired) electrons. The summed E-state index contributed by atoms with van der Waals surface area (Å²) in [5.41, 5.74) is 3.68. The zero-order valence-corrected chi connectivity index (χ0v) is 23.1. The first-order chi connectivity index (χ1) is 18.6. The highest BCUT2D eigenvalue weighted by molar-refractivity contribution is 7.87. The fourth-order valence-electron chi connectivity index (χ4n) is 4.55. The fraction of sp³-hybridized carbons (Fsp3) is 0.129. The van der Waals surface area contributed by atoms with E-state index in [9.17, 15) is 13.5 Å². The number of halogens is 1. The molecule has 1 aliphatic carbocycles. The summed E-state index contributed by atoms with van der Waals surface area (Å²) in [6, 6.07) is 27.7. The molecule has 1 N–H and O–H groups in total. The Morgan fingerprint density at radius 2 is 1.46 bits per heavy atom. The number of aliphatic imine (C=N–C) groups is 1. The van der Waals surface area contributed by atoms with Gasteiger partial charge in [-0.15, -0.1) is 0 Å². The van der Waals surface area contributed by atoms with Crippen molar-refractivity contribution in [2.24, 2.45) is 4.99 Å². The van der Waals surface area contributed by atoms with E-state index in [0.717, 1.165) is 16.7 Å². The van der Waals surface area contributed by atoms with Crippen LogP contribution in [-0.4, -0.2) is 31.9 Å². The summed E-state index contributed by atoms with van der Waals surface area (Å²) in [4.78, 5) is 4.92. The number of fused-ring (bicyclic) bond motifs is 1. The number of benzene rings is 4. The van der Waals surface area contributed by atoms with Crippen molar-refractivity contribution >= 4 is 38.7 Å². The minimum Gasteiger partial charge on any atom is -0.497 e. The van der Waals surface area contributed by atoms with Gasteiger partial charge in [0.05, 0.1) is 24.1 Å². The third-order valence-electron chi connectivity index (χ3n) is 6.30. The summed E-state index contributed by atoms with van der Waals surface area (Å²) in [7, 11) is -2.51. The van der Waals surface area contributed by atoms with Gasteiger partial charge in [-0.05, 0) is 97.3 Å². The van der Waals surface area contributed by atoms with Gasteiger partial charge in [0.2, 0.25) is 0 Å². The third-order valence-corrected chi connectivity index (χ3v) is 7.81. The Hall–Kier alpha value is -3.91. The van der Waals surface area contributed by atoms with Crippen molar-refractivity contribution in [3.8, 4) is 11.5 Å². The normalized spacial score (nSPS) is 14.4. The molecule has 0 saturated carbocycles. The minimum absolute atomic E-state index is 0.00911. The van der Waals surface area contributed by atoms with Crippen LogP contribution in [0, 0.1) is 0 Å². The van der Waals surface area contributed by atoms with Crippen LogP contribution in [0.4, 0.5) is 5.69 Å².